The van der Waals surface area contributed by atoms with E-state index in [-0.39, 0.29) is 17.5 Å². The Morgan fingerprint density at radius 3 is 1.37 bits per heavy atom. The minimum atomic E-state index is -2.98. The van der Waals surface area contributed by atoms with Crippen LogP contribution < -0.4 is 46.9 Å². The van der Waals surface area contributed by atoms with E-state index in [1.165, 1.54) is 116 Å². The van der Waals surface area contributed by atoms with Crippen molar-refractivity contribution >= 4 is 86.0 Å². The van der Waals surface area contributed by atoms with E-state index < -0.39 is 8.07 Å². The number of hydrogen-bond donors (Lipinski definition) is 0. The van der Waals surface area contributed by atoms with Gasteiger partial charge in [-0.15, -0.1) is 0 Å². The van der Waals surface area contributed by atoms with E-state index in [0.29, 0.717) is 0 Å². The topological polar surface area (TPSA) is 6.48 Å². The molecule has 0 atom stereocenters. The van der Waals surface area contributed by atoms with Crippen molar-refractivity contribution in [1.29, 1.82) is 0 Å². The zero-order valence-corrected chi connectivity index (χ0v) is 43.5. The van der Waals surface area contributed by atoms with Gasteiger partial charge in [-0.25, -0.2) is 0 Å². The normalized spacial score (nSPS) is 13.2. The average molecular weight is 923 g/mol. The van der Waals surface area contributed by atoms with Crippen molar-refractivity contribution in [3.63, 3.8) is 0 Å². The van der Waals surface area contributed by atoms with Crippen molar-refractivity contribution in [1.82, 2.24) is 0 Å². The maximum Gasteiger partial charge on any atom is 0.252 e. The van der Waals surface area contributed by atoms with Crippen LogP contribution in [0.25, 0.3) is 11.1 Å². The second kappa shape index (κ2) is 17.1. The number of aryl methyl sites for hydroxylation is 4. The van der Waals surface area contributed by atoms with Crippen LogP contribution in [0.4, 0.5) is 34.1 Å². The van der Waals surface area contributed by atoms with Crippen molar-refractivity contribution < 1.29 is 0 Å². The molecule has 2 aliphatic rings. The average Bonchev–Trinajstić information content (AvgIpc) is 3.35. The summed E-state index contributed by atoms with van der Waals surface area (Å²) < 4.78 is 0. The molecule has 9 aromatic rings. The van der Waals surface area contributed by atoms with Crippen LogP contribution in [0.2, 0.25) is 0 Å². The number of para-hydroxylation sites is 1. The highest BCUT2D eigenvalue weighted by molar-refractivity contribution is 7.20. The first-order chi connectivity index (χ1) is 33.6. The molecule has 0 fully saturated rings. The van der Waals surface area contributed by atoms with Crippen molar-refractivity contribution in [2.24, 2.45) is 0 Å². The Hall–Kier alpha value is -7.14. The molecule has 0 aromatic heterocycles. The van der Waals surface area contributed by atoms with Crippen molar-refractivity contribution in [3.05, 3.63) is 234 Å². The van der Waals surface area contributed by atoms with Gasteiger partial charge in [-0.05, 0) is 140 Å². The van der Waals surface area contributed by atoms with E-state index in [2.05, 4.69) is 279 Å². The van der Waals surface area contributed by atoms with Gasteiger partial charge < -0.3 is 9.80 Å². The summed E-state index contributed by atoms with van der Waals surface area (Å²) in [5.41, 5.74) is 21.3. The zero-order chi connectivity index (χ0) is 48.7. The molecule has 11 rings (SSSR count). The first-order valence-electron chi connectivity index (χ1n) is 25.1. The molecule has 70 heavy (non-hydrogen) atoms. The lowest BCUT2D eigenvalue weighted by Gasteiger charge is -2.45. The second-order valence-electron chi connectivity index (χ2n) is 22.1. The minimum absolute atomic E-state index is 0.0376. The fourth-order valence-electron chi connectivity index (χ4n) is 11.4. The zero-order valence-electron chi connectivity index (χ0n) is 42.5. The number of rotatable bonds is 7. The maximum absolute atomic E-state index is 2.98. The summed E-state index contributed by atoms with van der Waals surface area (Å²) in [6.45, 7) is 22.8. The Morgan fingerprint density at radius 1 is 0.357 bits per heavy atom. The van der Waals surface area contributed by atoms with Crippen LogP contribution in [0.3, 0.4) is 0 Å². The monoisotopic (exact) mass is 922 g/mol. The summed E-state index contributed by atoms with van der Waals surface area (Å²) in [5, 5.41) is 5.53. The first kappa shape index (κ1) is 45.3. The van der Waals surface area contributed by atoms with Crippen LogP contribution in [-0.4, -0.2) is 14.8 Å². The summed E-state index contributed by atoms with van der Waals surface area (Å²) in [6.07, 6.45) is 0. The second-order valence-corrected chi connectivity index (χ2v) is 26.0. The Labute approximate surface area is 418 Å². The largest absolute Gasteiger partial charge is 0.311 e. The molecule has 0 unspecified atom stereocenters. The number of benzene rings is 9. The summed E-state index contributed by atoms with van der Waals surface area (Å²) in [6, 6.07) is 77.7. The molecule has 2 aliphatic heterocycles. The Balaban J connectivity index is 1.28. The Kier molecular flexibility index (Phi) is 11.1. The quantitative estimate of drug-likeness (QED) is 0.116. The molecule has 2 nitrogen and oxygen atoms in total. The van der Waals surface area contributed by atoms with Crippen LogP contribution in [0, 0.1) is 27.7 Å². The maximum atomic E-state index is 2.66. The highest BCUT2D eigenvalue weighted by Crippen LogP contribution is 2.47. The lowest BCUT2D eigenvalue weighted by atomic mass is 9.33. The van der Waals surface area contributed by atoms with Gasteiger partial charge in [0, 0.05) is 34.0 Å². The number of anilines is 6. The SMILES string of the molecule is Cc1ccc([Si](c2ccc(C)cc2)(c2ccc(C)cc2)c2ccc3c(c2)B2c4cc(C(C)(C)C)ccc4N(c4ccc(C(C)(C)C)cc4)c4cc(C)cc(c42)N3c2ccccc2-c2ccccc2)cc1. The molecule has 0 saturated heterocycles. The van der Waals surface area contributed by atoms with Gasteiger partial charge >= 0.3 is 0 Å². The van der Waals surface area contributed by atoms with Gasteiger partial charge in [-0.2, -0.15) is 0 Å². The predicted octanol–water partition coefficient (Wildman–Crippen LogP) is 12.6. The van der Waals surface area contributed by atoms with E-state index in [4.69, 9.17) is 0 Å². The molecule has 2 heterocycles. The summed E-state index contributed by atoms with van der Waals surface area (Å²) in [7, 11) is -2.98. The third kappa shape index (κ3) is 7.56. The van der Waals surface area contributed by atoms with Crippen LogP contribution in [-0.2, 0) is 10.8 Å². The molecule has 0 N–H and O–H groups in total. The summed E-state index contributed by atoms with van der Waals surface area (Å²) in [4.78, 5) is 5.17. The van der Waals surface area contributed by atoms with Gasteiger partial charge in [0.2, 0.25) is 0 Å². The third-order valence-electron chi connectivity index (χ3n) is 15.2. The van der Waals surface area contributed by atoms with E-state index in [0.717, 1.165) is 0 Å². The molecule has 0 amide bonds. The molecule has 0 radical (unpaired) electrons. The molecule has 344 valence electrons. The van der Waals surface area contributed by atoms with Crippen molar-refractivity contribution in [3.8, 4) is 11.1 Å². The van der Waals surface area contributed by atoms with Gasteiger partial charge in [-0.3, -0.25) is 0 Å². The predicted molar refractivity (Wildman–Crippen MR) is 306 cm³/mol. The molecule has 0 aliphatic carbocycles. The molecule has 0 saturated carbocycles. The molecule has 0 bridgehead atoms. The summed E-state index contributed by atoms with van der Waals surface area (Å²) >= 11 is 0. The standard InChI is InChI=1S/C66H63BN2Si/c1-44-20-31-52(32-21-44)70(53-33-22-45(2)23-34-53,54-35-24-46(3)25-36-54)55-37-39-61-58(43-55)67-57-42-50(66(8,9)10)28-38-60(57)68(51-29-26-49(27-30-51)65(5,6)7)62-40-47(4)41-63(64(62)67)69(61)59-19-15-14-18-56(59)48-16-12-11-13-17-48/h11-43H,1-10H3. The lowest BCUT2D eigenvalue weighted by molar-refractivity contribution is 0.590. The number of hydrogen-bond acceptors (Lipinski definition) is 2. The first-order valence-corrected chi connectivity index (χ1v) is 27.1. The highest BCUT2D eigenvalue weighted by atomic mass is 28.3. The van der Waals surface area contributed by atoms with Crippen molar-refractivity contribution in [2.75, 3.05) is 9.80 Å². The van der Waals surface area contributed by atoms with Crippen molar-refractivity contribution in [2.45, 2.75) is 80.1 Å². The fourth-order valence-corrected chi connectivity index (χ4v) is 16.1. The van der Waals surface area contributed by atoms with Gasteiger partial charge in [0.15, 0.2) is 8.07 Å². The Morgan fingerprint density at radius 2 is 0.814 bits per heavy atom. The molecule has 0 spiro atoms. The van der Waals surface area contributed by atoms with E-state index >= 15 is 0 Å². The molecular formula is C66H63BN2Si. The highest BCUT2D eigenvalue weighted by Gasteiger charge is 2.47. The van der Waals surface area contributed by atoms with Gasteiger partial charge in [0.1, 0.15) is 0 Å². The van der Waals surface area contributed by atoms with Gasteiger partial charge in [0.25, 0.3) is 6.71 Å². The van der Waals surface area contributed by atoms with Crippen LogP contribution in [0.15, 0.2) is 200 Å². The van der Waals surface area contributed by atoms with Gasteiger partial charge in [0.05, 0.1) is 5.69 Å². The van der Waals surface area contributed by atoms with E-state index in [1.807, 2.05) is 0 Å². The lowest BCUT2D eigenvalue weighted by Crippen LogP contribution is -2.75. The minimum Gasteiger partial charge on any atom is -0.311 e. The van der Waals surface area contributed by atoms with E-state index in [1.54, 1.807) is 0 Å². The molecular weight excluding hydrogens is 860 g/mol. The van der Waals surface area contributed by atoms with Crippen LogP contribution >= 0.6 is 0 Å². The smallest absolute Gasteiger partial charge is 0.252 e. The fraction of sp³-hybridized carbons (Fsp3) is 0.182. The third-order valence-corrected chi connectivity index (χ3v) is 20.0. The van der Waals surface area contributed by atoms with Crippen LogP contribution in [0.5, 0.6) is 0 Å². The Bertz CT molecular complexity index is 3300. The molecule has 4 heteroatoms. The number of fused-ring (bicyclic) bond motifs is 4. The molecule has 9 aromatic carbocycles. The summed E-state index contributed by atoms with van der Waals surface area (Å²) in [5.74, 6) is 0. The van der Waals surface area contributed by atoms with E-state index in [9.17, 15) is 0 Å². The van der Waals surface area contributed by atoms with Gasteiger partial charge in [-0.1, -0.05) is 216 Å². The number of nitrogens with zero attached hydrogens (tertiary/aromatic N) is 2. The van der Waals surface area contributed by atoms with Crippen LogP contribution in [0.1, 0.15) is 74.9 Å².